The highest BCUT2D eigenvalue weighted by atomic mass is 16.5. The third kappa shape index (κ3) is 4.99. The molecule has 20 heavy (non-hydrogen) atoms. The zero-order valence-corrected chi connectivity index (χ0v) is 12.0. The van der Waals surface area contributed by atoms with Crippen LogP contribution in [0.15, 0.2) is 18.2 Å². The van der Waals surface area contributed by atoms with Crippen molar-refractivity contribution in [3.8, 4) is 0 Å². The number of aryl methyl sites for hydroxylation is 1. The van der Waals surface area contributed by atoms with Crippen LogP contribution in [-0.2, 0) is 14.3 Å². The first kappa shape index (κ1) is 16.1. The van der Waals surface area contributed by atoms with E-state index in [1.807, 2.05) is 6.92 Å². The second kappa shape index (κ2) is 7.62. The van der Waals surface area contributed by atoms with Gasteiger partial charge in [0.2, 0.25) is 11.8 Å². The number of ether oxygens (including phenoxy) is 1. The van der Waals surface area contributed by atoms with E-state index in [0.717, 1.165) is 11.3 Å². The lowest BCUT2D eigenvalue weighted by atomic mass is 10.1. The molecule has 0 aliphatic rings. The van der Waals surface area contributed by atoms with Gasteiger partial charge < -0.3 is 21.1 Å². The van der Waals surface area contributed by atoms with Gasteiger partial charge in [0.15, 0.2) is 0 Å². The van der Waals surface area contributed by atoms with Gasteiger partial charge >= 0.3 is 0 Å². The highest BCUT2D eigenvalue weighted by Crippen LogP contribution is 2.19. The van der Waals surface area contributed by atoms with Crippen LogP contribution in [0.5, 0.6) is 0 Å². The van der Waals surface area contributed by atoms with Crippen LogP contribution in [0.25, 0.3) is 0 Å². The molecular weight excluding hydrogens is 258 g/mol. The number of hydrogen-bond donors (Lipinski definition) is 3. The quantitative estimate of drug-likeness (QED) is 0.730. The van der Waals surface area contributed by atoms with Gasteiger partial charge in [-0.05, 0) is 37.1 Å². The van der Waals surface area contributed by atoms with Crippen LogP contribution in [0.4, 0.5) is 11.4 Å². The minimum absolute atomic E-state index is 0.133. The predicted octanol–water partition coefficient (Wildman–Crippen LogP) is 1.26. The van der Waals surface area contributed by atoms with E-state index in [9.17, 15) is 9.59 Å². The average molecular weight is 279 g/mol. The molecule has 0 aliphatic heterocycles. The molecule has 0 radical (unpaired) electrons. The molecule has 4 N–H and O–H groups in total. The number of nitrogens with two attached hydrogens (primary N) is 1. The Bertz CT molecular complexity index is 489. The number of hydrogen-bond acceptors (Lipinski definition) is 4. The molecule has 6 heteroatoms. The molecule has 0 spiro atoms. The van der Waals surface area contributed by atoms with Crippen LogP contribution >= 0.6 is 0 Å². The number of benzene rings is 1. The summed E-state index contributed by atoms with van der Waals surface area (Å²) in [6, 6.07) is 4.64. The van der Waals surface area contributed by atoms with Crippen molar-refractivity contribution >= 4 is 23.2 Å². The van der Waals surface area contributed by atoms with Crippen molar-refractivity contribution in [3.05, 3.63) is 23.8 Å². The summed E-state index contributed by atoms with van der Waals surface area (Å²) in [6.07, 6.45) is 0.464. The minimum Gasteiger partial charge on any atom is -0.385 e. The molecule has 0 saturated carbocycles. The van der Waals surface area contributed by atoms with Crippen molar-refractivity contribution in [3.63, 3.8) is 0 Å². The molecule has 1 unspecified atom stereocenters. The van der Waals surface area contributed by atoms with Gasteiger partial charge in [0.05, 0.1) is 6.04 Å². The number of carbonyl (C=O) groups excluding carboxylic acids is 2. The standard InChI is InChI=1S/C14H21N3O3/c1-9-8-11(4-5-13(9)16-10(2)18)17-14(19)12(15)6-7-20-3/h4-5,8,12H,6-7,15H2,1-3H3,(H,16,18)(H,17,19). The zero-order valence-electron chi connectivity index (χ0n) is 12.0. The van der Waals surface area contributed by atoms with Crippen LogP contribution in [0, 0.1) is 6.92 Å². The summed E-state index contributed by atoms with van der Waals surface area (Å²) in [5.74, 6) is -0.389. The van der Waals surface area contributed by atoms with E-state index in [-0.39, 0.29) is 11.8 Å². The van der Waals surface area contributed by atoms with Crippen molar-refractivity contribution in [1.29, 1.82) is 0 Å². The maximum absolute atomic E-state index is 11.8. The van der Waals surface area contributed by atoms with Gasteiger partial charge in [-0.1, -0.05) is 0 Å². The van der Waals surface area contributed by atoms with E-state index in [1.54, 1.807) is 25.3 Å². The van der Waals surface area contributed by atoms with Gasteiger partial charge in [-0.3, -0.25) is 9.59 Å². The van der Waals surface area contributed by atoms with Crippen molar-refractivity contribution in [2.24, 2.45) is 5.73 Å². The van der Waals surface area contributed by atoms with E-state index in [4.69, 9.17) is 10.5 Å². The van der Waals surface area contributed by atoms with Gasteiger partial charge in [0, 0.05) is 32.0 Å². The Labute approximate surface area is 118 Å². The summed E-state index contributed by atoms with van der Waals surface area (Å²) in [5, 5.41) is 5.45. The Hall–Kier alpha value is -1.92. The Morgan fingerprint density at radius 2 is 2.05 bits per heavy atom. The molecular formula is C14H21N3O3. The normalized spacial score (nSPS) is 11.8. The third-order valence-corrected chi connectivity index (χ3v) is 2.77. The lowest BCUT2D eigenvalue weighted by Gasteiger charge is -2.13. The molecule has 0 aromatic heterocycles. The number of carbonyl (C=O) groups is 2. The SMILES string of the molecule is COCCC(N)C(=O)Nc1ccc(NC(C)=O)c(C)c1. The Morgan fingerprint density at radius 3 is 2.60 bits per heavy atom. The predicted molar refractivity (Wildman–Crippen MR) is 78.6 cm³/mol. The molecule has 0 heterocycles. The van der Waals surface area contributed by atoms with Crippen LogP contribution in [0.3, 0.4) is 0 Å². The van der Waals surface area contributed by atoms with Crippen molar-refractivity contribution in [2.45, 2.75) is 26.3 Å². The lowest BCUT2D eigenvalue weighted by Crippen LogP contribution is -2.36. The first-order chi connectivity index (χ1) is 9.43. The lowest BCUT2D eigenvalue weighted by molar-refractivity contribution is -0.117. The average Bonchev–Trinajstić information content (AvgIpc) is 2.38. The first-order valence-corrected chi connectivity index (χ1v) is 6.37. The molecule has 1 aromatic rings. The van der Waals surface area contributed by atoms with Gasteiger partial charge in [0.25, 0.3) is 0 Å². The molecule has 2 amide bonds. The van der Waals surface area contributed by atoms with Gasteiger partial charge in [-0.2, -0.15) is 0 Å². The van der Waals surface area contributed by atoms with E-state index in [1.165, 1.54) is 6.92 Å². The Morgan fingerprint density at radius 1 is 1.35 bits per heavy atom. The van der Waals surface area contributed by atoms with E-state index in [0.29, 0.717) is 18.7 Å². The van der Waals surface area contributed by atoms with E-state index >= 15 is 0 Å². The van der Waals surface area contributed by atoms with Crippen molar-refractivity contribution in [1.82, 2.24) is 0 Å². The number of anilines is 2. The molecule has 0 fully saturated rings. The molecule has 1 aromatic carbocycles. The fourth-order valence-corrected chi connectivity index (χ4v) is 1.68. The zero-order chi connectivity index (χ0) is 15.1. The molecule has 1 atom stereocenters. The summed E-state index contributed by atoms with van der Waals surface area (Å²) < 4.78 is 4.88. The van der Waals surface area contributed by atoms with Gasteiger partial charge in [-0.25, -0.2) is 0 Å². The maximum Gasteiger partial charge on any atom is 0.241 e. The highest BCUT2D eigenvalue weighted by Gasteiger charge is 2.13. The molecule has 0 aliphatic carbocycles. The van der Waals surface area contributed by atoms with Crippen molar-refractivity contribution < 1.29 is 14.3 Å². The number of rotatable bonds is 6. The summed E-state index contributed by atoms with van der Waals surface area (Å²) in [6.45, 7) is 3.74. The Kier molecular flexibility index (Phi) is 6.14. The number of amides is 2. The molecule has 6 nitrogen and oxygen atoms in total. The highest BCUT2D eigenvalue weighted by molar-refractivity contribution is 5.95. The van der Waals surface area contributed by atoms with Gasteiger partial charge in [0.1, 0.15) is 0 Å². The molecule has 110 valence electrons. The smallest absolute Gasteiger partial charge is 0.241 e. The van der Waals surface area contributed by atoms with E-state index in [2.05, 4.69) is 10.6 Å². The summed E-state index contributed by atoms with van der Waals surface area (Å²) >= 11 is 0. The van der Waals surface area contributed by atoms with Crippen LogP contribution in [0.1, 0.15) is 18.9 Å². The number of nitrogens with one attached hydrogen (secondary N) is 2. The number of methoxy groups -OCH3 is 1. The monoisotopic (exact) mass is 279 g/mol. The van der Waals surface area contributed by atoms with Crippen molar-refractivity contribution in [2.75, 3.05) is 24.4 Å². The topological polar surface area (TPSA) is 93.4 Å². The molecule has 0 bridgehead atoms. The van der Waals surface area contributed by atoms with Gasteiger partial charge in [-0.15, -0.1) is 0 Å². The summed E-state index contributed by atoms with van der Waals surface area (Å²) in [7, 11) is 1.56. The Balaban J connectivity index is 2.67. The first-order valence-electron chi connectivity index (χ1n) is 6.37. The summed E-state index contributed by atoms with van der Waals surface area (Å²) in [5.41, 5.74) is 7.97. The summed E-state index contributed by atoms with van der Waals surface area (Å²) in [4.78, 5) is 22.8. The second-order valence-electron chi connectivity index (χ2n) is 4.59. The minimum atomic E-state index is -0.606. The fourth-order valence-electron chi connectivity index (χ4n) is 1.68. The van der Waals surface area contributed by atoms with Crippen LogP contribution in [0.2, 0.25) is 0 Å². The third-order valence-electron chi connectivity index (χ3n) is 2.77. The van der Waals surface area contributed by atoms with E-state index < -0.39 is 6.04 Å². The maximum atomic E-state index is 11.8. The van der Waals surface area contributed by atoms with Crippen LogP contribution < -0.4 is 16.4 Å². The largest absolute Gasteiger partial charge is 0.385 e. The molecule has 1 rings (SSSR count). The second-order valence-corrected chi connectivity index (χ2v) is 4.59. The fraction of sp³-hybridized carbons (Fsp3) is 0.429. The van der Waals surface area contributed by atoms with Crippen LogP contribution in [-0.4, -0.2) is 31.6 Å². The molecule has 0 saturated heterocycles.